The van der Waals surface area contributed by atoms with E-state index in [1.165, 1.54) is 11.1 Å². The molecule has 19 heavy (non-hydrogen) atoms. The molecule has 1 amide bonds. The van der Waals surface area contributed by atoms with Gasteiger partial charge in [0.25, 0.3) is 0 Å². The van der Waals surface area contributed by atoms with Gasteiger partial charge in [-0.25, -0.2) is 0 Å². The number of nitrogens with two attached hydrogens (primary N) is 1. The van der Waals surface area contributed by atoms with E-state index in [0.29, 0.717) is 6.54 Å². The lowest BCUT2D eigenvalue weighted by molar-refractivity contribution is -0.137. The van der Waals surface area contributed by atoms with Gasteiger partial charge in [-0.1, -0.05) is 18.2 Å². The summed E-state index contributed by atoms with van der Waals surface area (Å²) in [4.78, 5) is 21.7. The number of nitrogens with one attached hydrogen (secondary N) is 1. The van der Waals surface area contributed by atoms with E-state index in [1.807, 2.05) is 32.0 Å². The van der Waals surface area contributed by atoms with Crippen molar-refractivity contribution < 1.29 is 14.7 Å². The van der Waals surface area contributed by atoms with Crippen LogP contribution in [0.1, 0.15) is 29.5 Å². The highest BCUT2D eigenvalue weighted by molar-refractivity contribution is 5.80. The zero-order valence-corrected chi connectivity index (χ0v) is 11.3. The molecule has 0 radical (unpaired) electrons. The fraction of sp³-hybridized carbons (Fsp3) is 0.429. The van der Waals surface area contributed by atoms with Crippen LogP contribution in [0, 0.1) is 13.8 Å². The predicted octanol–water partition coefficient (Wildman–Crippen LogP) is 1.11. The number of carbonyl (C=O) groups excluding carboxylic acids is 1. The molecule has 0 heterocycles. The number of primary amides is 1. The van der Waals surface area contributed by atoms with Crippen molar-refractivity contribution in [1.82, 2.24) is 5.32 Å². The van der Waals surface area contributed by atoms with Crippen LogP contribution in [0.15, 0.2) is 18.2 Å². The molecule has 1 aromatic carbocycles. The summed E-state index contributed by atoms with van der Waals surface area (Å²) in [5.74, 6) is -1.45. The molecule has 0 saturated carbocycles. The predicted molar refractivity (Wildman–Crippen MR) is 72.6 cm³/mol. The van der Waals surface area contributed by atoms with Gasteiger partial charge in [0.2, 0.25) is 5.91 Å². The first-order valence-corrected chi connectivity index (χ1v) is 6.20. The van der Waals surface area contributed by atoms with Crippen molar-refractivity contribution in [2.45, 2.75) is 39.3 Å². The van der Waals surface area contributed by atoms with Gasteiger partial charge < -0.3 is 16.2 Å². The van der Waals surface area contributed by atoms with Crippen LogP contribution in [-0.4, -0.2) is 23.0 Å². The third-order valence-corrected chi connectivity index (χ3v) is 3.11. The fourth-order valence-corrected chi connectivity index (χ4v) is 1.77. The van der Waals surface area contributed by atoms with Crippen LogP contribution >= 0.6 is 0 Å². The largest absolute Gasteiger partial charge is 0.481 e. The Hall–Kier alpha value is -1.88. The van der Waals surface area contributed by atoms with Crippen LogP contribution < -0.4 is 11.1 Å². The van der Waals surface area contributed by atoms with Gasteiger partial charge in [-0.3, -0.25) is 9.59 Å². The molecule has 0 aromatic heterocycles. The summed E-state index contributed by atoms with van der Waals surface area (Å²) in [6.07, 6.45) is 0.128. The van der Waals surface area contributed by atoms with Crippen LogP contribution in [0.3, 0.4) is 0 Å². The number of aryl methyl sites for hydroxylation is 2. The Morgan fingerprint density at radius 2 is 2.00 bits per heavy atom. The molecule has 0 bridgehead atoms. The van der Waals surface area contributed by atoms with E-state index in [2.05, 4.69) is 5.32 Å². The lowest BCUT2D eigenvalue weighted by Crippen LogP contribution is -2.41. The van der Waals surface area contributed by atoms with Gasteiger partial charge in [-0.15, -0.1) is 0 Å². The lowest BCUT2D eigenvalue weighted by Gasteiger charge is -2.15. The van der Waals surface area contributed by atoms with Gasteiger partial charge >= 0.3 is 5.97 Å². The number of amides is 1. The van der Waals surface area contributed by atoms with Crippen molar-refractivity contribution in [2.75, 3.05) is 0 Å². The first kappa shape index (κ1) is 15.2. The molecule has 1 rings (SSSR count). The first-order chi connectivity index (χ1) is 8.90. The van der Waals surface area contributed by atoms with Gasteiger partial charge in [0.05, 0.1) is 6.04 Å². The van der Waals surface area contributed by atoms with E-state index in [0.717, 1.165) is 5.56 Å². The molecule has 104 valence electrons. The van der Waals surface area contributed by atoms with Crippen LogP contribution in [0.2, 0.25) is 0 Å². The Bertz CT molecular complexity index is 472. The highest BCUT2D eigenvalue weighted by Gasteiger charge is 2.15. The highest BCUT2D eigenvalue weighted by atomic mass is 16.4. The van der Waals surface area contributed by atoms with E-state index in [1.54, 1.807) is 0 Å². The number of benzene rings is 1. The van der Waals surface area contributed by atoms with E-state index in [4.69, 9.17) is 10.8 Å². The minimum absolute atomic E-state index is 0.0759. The second-order valence-corrected chi connectivity index (χ2v) is 4.69. The molecule has 0 unspecified atom stereocenters. The fourth-order valence-electron chi connectivity index (χ4n) is 1.77. The average molecular weight is 264 g/mol. The molecule has 1 atom stereocenters. The number of aliphatic carboxylic acids is 1. The molecule has 0 aliphatic rings. The van der Waals surface area contributed by atoms with Crippen molar-refractivity contribution >= 4 is 11.9 Å². The maximum atomic E-state index is 11.2. The molecule has 0 aliphatic carbocycles. The van der Waals surface area contributed by atoms with E-state index in [-0.39, 0.29) is 12.8 Å². The molecule has 4 N–H and O–H groups in total. The maximum absolute atomic E-state index is 11.2. The average Bonchev–Trinajstić information content (AvgIpc) is 2.32. The molecule has 0 fully saturated rings. The van der Waals surface area contributed by atoms with Crippen molar-refractivity contribution in [3.8, 4) is 0 Å². The Morgan fingerprint density at radius 1 is 1.32 bits per heavy atom. The van der Waals surface area contributed by atoms with Crippen molar-refractivity contribution in [1.29, 1.82) is 0 Å². The second kappa shape index (κ2) is 6.89. The summed E-state index contributed by atoms with van der Waals surface area (Å²) < 4.78 is 0. The van der Waals surface area contributed by atoms with E-state index >= 15 is 0 Å². The molecule has 5 nitrogen and oxygen atoms in total. The van der Waals surface area contributed by atoms with Crippen LogP contribution in [0.5, 0.6) is 0 Å². The number of hydrogen-bond donors (Lipinski definition) is 3. The molecule has 0 spiro atoms. The maximum Gasteiger partial charge on any atom is 0.303 e. The van der Waals surface area contributed by atoms with Crippen LogP contribution in [0.25, 0.3) is 0 Å². The van der Waals surface area contributed by atoms with E-state index < -0.39 is 17.9 Å². The quantitative estimate of drug-likeness (QED) is 0.688. The molecule has 1 aromatic rings. The third kappa shape index (κ3) is 5.09. The summed E-state index contributed by atoms with van der Waals surface area (Å²) in [7, 11) is 0. The van der Waals surface area contributed by atoms with E-state index in [9.17, 15) is 9.59 Å². The number of carboxylic acids is 1. The minimum Gasteiger partial charge on any atom is -0.481 e. The Balaban J connectivity index is 2.57. The second-order valence-electron chi connectivity index (χ2n) is 4.69. The number of carbonyl (C=O) groups is 2. The normalized spacial score (nSPS) is 12.1. The SMILES string of the molecule is Cc1ccc(CN[C@@H](CCC(=O)O)C(N)=O)cc1C. The van der Waals surface area contributed by atoms with Gasteiger partial charge in [0.1, 0.15) is 0 Å². The Morgan fingerprint density at radius 3 is 2.53 bits per heavy atom. The smallest absolute Gasteiger partial charge is 0.303 e. The summed E-state index contributed by atoms with van der Waals surface area (Å²) in [5.41, 5.74) is 8.68. The van der Waals surface area contributed by atoms with Gasteiger partial charge in [-0.05, 0) is 37.0 Å². The molecular weight excluding hydrogens is 244 g/mol. The zero-order valence-electron chi connectivity index (χ0n) is 11.3. The molecule has 0 aliphatic heterocycles. The molecule has 5 heteroatoms. The number of rotatable bonds is 7. The van der Waals surface area contributed by atoms with Crippen molar-refractivity contribution in [2.24, 2.45) is 5.73 Å². The summed E-state index contributed by atoms with van der Waals surface area (Å²) in [5, 5.41) is 11.6. The van der Waals surface area contributed by atoms with Gasteiger partial charge in [0, 0.05) is 13.0 Å². The summed E-state index contributed by atoms with van der Waals surface area (Å²) in [6.45, 7) is 4.55. The van der Waals surface area contributed by atoms with Gasteiger partial charge in [0.15, 0.2) is 0 Å². The van der Waals surface area contributed by atoms with Crippen molar-refractivity contribution in [3.05, 3.63) is 34.9 Å². The standard InChI is InChI=1S/C14H20N2O3/c1-9-3-4-11(7-10(9)2)8-16-12(14(15)19)5-6-13(17)18/h3-4,7,12,16H,5-6,8H2,1-2H3,(H2,15,19)(H,17,18)/t12-/m0/s1. The minimum atomic E-state index is -0.931. The molecule has 0 saturated heterocycles. The molecular formula is C14H20N2O3. The summed E-state index contributed by atoms with van der Waals surface area (Å²) in [6, 6.07) is 5.42. The zero-order chi connectivity index (χ0) is 14.4. The van der Waals surface area contributed by atoms with Crippen LogP contribution in [0.4, 0.5) is 0 Å². The lowest BCUT2D eigenvalue weighted by atomic mass is 10.1. The summed E-state index contributed by atoms with van der Waals surface area (Å²) >= 11 is 0. The van der Waals surface area contributed by atoms with Crippen molar-refractivity contribution in [3.63, 3.8) is 0 Å². The monoisotopic (exact) mass is 264 g/mol. The first-order valence-electron chi connectivity index (χ1n) is 6.20. The Labute approximate surface area is 112 Å². The van der Waals surface area contributed by atoms with Crippen LogP contribution in [-0.2, 0) is 16.1 Å². The van der Waals surface area contributed by atoms with Gasteiger partial charge in [-0.2, -0.15) is 0 Å². The highest BCUT2D eigenvalue weighted by Crippen LogP contribution is 2.10. The number of carboxylic acid groups (broad SMARTS) is 1. The third-order valence-electron chi connectivity index (χ3n) is 3.11. The number of hydrogen-bond acceptors (Lipinski definition) is 3. The Kier molecular flexibility index (Phi) is 5.51. The topological polar surface area (TPSA) is 92.4 Å².